The number of aryl methyl sites for hydroxylation is 1. The van der Waals surface area contributed by atoms with Crippen LogP contribution < -0.4 is 4.57 Å². The maximum Gasteiger partial charge on any atom is 0.175 e. The molecule has 0 atom stereocenters. The van der Waals surface area contributed by atoms with Crippen molar-refractivity contribution in [2.45, 2.75) is 20.1 Å². The summed E-state index contributed by atoms with van der Waals surface area (Å²) >= 11 is 0. The van der Waals surface area contributed by atoms with Gasteiger partial charge in [0.05, 0.1) is 12.3 Å². The Morgan fingerprint density at radius 2 is 1.94 bits per heavy atom. The normalized spacial score (nSPS) is 10.5. The van der Waals surface area contributed by atoms with Gasteiger partial charge in [0.2, 0.25) is 0 Å². The first-order valence-electron chi connectivity index (χ1n) is 5.43. The molecule has 0 saturated heterocycles. The monoisotopic (exact) mass is 231 g/mol. The minimum absolute atomic E-state index is 0.0848. The van der Waals surface area contributed by atoms with Crippen molar-refractivity contribution in [2.75, 3.05) is 0 Å². The number of aliphatic hydroxyl groups is 1. The van der Waals surface area contributed by atoms with Gasteiger partial charge in [-0.25, -0.2) is 4.57 Å². The van der Waals surface area contributed by atoms with E-state index in [1.54, 1.807) is 13.1 Å². The zero-order chi connectivity index (χ0) is 12.3. The molecule has 0 amide bonds. The average molecular weight is 231 g/mol. The predicted octanol–water partition coefficient (Wildman–Crippen LogP) is 0.924. The summed E-state index contributed by atoms with van der Waals surface area (Å²) in [6.07, 6.45) is 5.55. The molecular formula is C13H15N2O2+. The fourth-order valence-corrected chi connectivity index (χ4v) is 1.73. The molecule has 0 radical (unpaired) electrons. The van der Waals surface area contributed by atoms with Crippen molar-refractivity contribution in [3.63, 3.8) is 0 Å². The van der Waals surface area contributed by atoms with E-state index < -0.39 is 0 Å². The molecule has 2 rings (SSSR count). The standard InChI is InChI=1S/C13H14N2O2/c1-10-13(17)12(9-16)11(7-14-10)8-15-5-3-2-4-6-15/h2-7,16H,8-9H2,1H3/p+1. The van der Waals surface area contributed by atoms with Gasteiger partial charge in [0.25, 0.3) is 0 Å². The Morgan fingerprint density at radius 1 is 1.24 bits per heavy atom. The third-order valence-electron chi connectivity index (χ3n) is 2.72. The molecular weight excluding hydrogens is 216 g/mol. The first-order chi connectivity index (χ1) is 8.22. The lowest BCUT2D eigenvalue weighted by Crippen LogP contribution is -2.33. The highest BCUT2D eigenvalue weighted by Crippen LogP contribution is 2.23. The van der Waals surface area contributed by atoms with Crippen LogP contribution in [0.25, 0.3) is 0 Å². The second-order valence-electron chi connectivity index (χ2n) is 3.90. The minimum Gasteiger partial charge on any atom is -0.506 e. The van der Waals surface area contributed by atoms with Crippen LogP contribution in [-0.4, -0.2) is 15.2 Å². The summed E-state index contributed by atoms with van der Waals surface area (Å²) in [4.78, 5) is 4.11. The zero-order valence-electron chi connectivity index (χ0n) is 9.67. The molecule has 2 aromatic rings. The van der Waals surface area contributed by atoms with Crippen LogP contribution in [0.1, 0.15) is 16.8 Å². The summed E-state index contributed by atoms with van der Waals surface area (Å²) in [7, 11) is 0. The van der Waals surface area contributed by atoms with E-state index in [4.69, 9.17) is 0 Å². The van der Waals surface area contributed by atoms with E-state index in [0.717, 1.165) is 5.56 Å². The fraction of sp³-hybridized carbons (Fsp3) is 0.231. The smallest absolute Gasteiger partial charge is 0.175 e. The molecule has 2 N–H and O–H groups in total. The highest BCUT2D eigenvalue weighted by molar-refractivity contribution is 5.39. The molecule has 2 aromatic heterocycles. The lowest BCUT2D eigenvalue weighted by atomic mass is 10.1. The van der Waals surface area contributed by atoms with Crippen molar-refractivity contribution in [3.05, 3.63) is 53.6 Å². The lowest BCUT2D eigenvalue weighted by Gasteiger charge is -2.08. The molecule has 4 heteroatoms. The zero-order valence-corrected chi connectivity index (χ0v) is 9.67. The maximum absolute atomic E-state index is 9.82. The summed E-state index contributed by atoms with van der Waals surface area (Å²) in [6.45, 7) is 2.11. The van der Waals surface area contributed by atoms with E-state index in [2.05, 4.69) is 4.98 Å². The second kappa shape index (κ2) is 4.93. The number of pyridine rings is 2. The number of aromatic nitrogens is 2. The van der Waals surface area contributed by atoms with E-state index in [-0.39, 0.29) is 12.4 Å². The van der Waals surface area contributed by atoms with Crippen molar-refractivity contribution >= 4 is 0 Å². The lowest BCUT2D eigenvalue weighted by molar-refractivity contribution is -0.688. The maximum atomic E-state index is 9.82. The van der Waals surface area contributed by atoms with Crippen molar-refractivity contribution in [2.24, 2.45) is 0 Å². The van der Waals surface area contributed by atoms with Crippen LogP contribution in [0.3, 0.4) is 0 Å². The predicted molar refractivity (Wildman–Crippen MR) is 62.3 cm³/mol. The first-order valence-corrected chi connectivity index (χ1v) is 5.43. The van der Waals surface area contributed by atoms with Crippen LogP contribution in [0.4, 0.5) is 0 Å². The van der Waals surface area contributed by atoms with Crippen LogP contribution in [-0.2, 0) is 13.2 Å². The van der Waals surface area contributed by atoms with E-state index in [1.807, 2.05) is 35.2 Å². The Kier molecular flexibility index (Phi) is 3.35. The van der Waals surface area contributed by atoms with E-state index in [9.17, 15) is 10.2 Å². The molecule has 0 unspecified atom stereocenters. The van der Waals surface area contributed by atoms with Crippen LogP contribution >= 0.6 is 0 Å². The number of hydrogen-bond donors (Lipinski definition) is 2. The summed E-state index contributed by atoms with van der Waals surface area (Å²) in [6, 6.07) is 5.80. The SMILES string of the molecule is Cc1ncc(C[n+]2ccccc2)c(CO)c1O. The molecule has 4 nitrogen and oxygen atoms in total. The van der Waals surface area contributed by atoms with Crippen molar-refractivity contribution in [1.82, 2.24) is 4.98 Å². The average Bonchev–Trinajstić information content (AvgIpc) is 2.36. The Bertz CT molecular complexity index is 512. The molecule has 0 spiro atoms. The molecule has 17 heavy (non-hydrogen) atoms. The number of nitrogens with zero attached hydrogens (tertiary/aromatic N) is 2. The third-order valence-corrected chi connectivity index (χ3v) is 2.72. The number of aliphatic hydroxyl groups excluding tert-OH is 1. The van der Waals surface area contributed by atoms with Gasteiger partial charge in [0.1, 0.15) is 5.75 Å². The third kappa shape index (κ3) is 2.42. The molecule has 0 saturated carbocycles. The number of hydrogen-bond acceptors (Lipinski definition) is 3. The molecule has 0 fully saturated rings. The Balaban J connectivity index is 2.37. The molecule has 0 aliphatic rings. The van der Waals surface area contributed by atoms with Crippen molar-refractivity contribution in [1.29, 1.82) is 0 Å². The van der Waals surface area contributed by atoms with Gasteiger partial charge >= 0.3 is 0 Å². The van der Waals surface area contributed by atoms with Gasteiger partial charge in [-0.2, -0.15) is 0 Å². The quantitative estimate of drug-likeness (QED) is 0.772. The number of aromatic hydroxyl groups is 1. The molecule has 0 aliphatic heterocycles. The van der Waals surface area contributed by atoms with E-state index in [0.29, 0.717) is 17.8 Å². The van der Waals surface area contributed by atoms with Crippen molar-refractivity contribution < 1.29 is 14.8 Å². The molecule has 0 aliphatic carbocycles. The molecule has 2 heterocycles. The topological polar surface area (TPSA) is 57.2 Å². The Hall–Kier alpha value is -1.94. The van der Waals surface area contributed by atoms with E-state index >= 15 is 0 Å². The van der Waals surface area contributed by atoms with Crippen molar-refractivity contribution in [3.8, 4) is 5.75 Å². The van der Waals surface area contributed by atoms with Crippen LogP contribution in [0.2, 0.25) is 0 Å². The van der Waals surface area contributed by atoms with Gasteiger partial charge in [0, 0.05) is 29.5 Å². The number of rotatable bonds is 3. The van der Waals surface area contributed by atoms with Gasteiger partial charge < -0.3 is 10.2 Å². The molecule has 88 valence electrons. The summed E-state index contributed by atoms with van der Waals surface area (Å²) < 4.78 is 1.96. The van der Waals surface area contributed by atoms with Gasteiger partial charge in [-0.15, -0.1) is 0 Å². The van der Waals surface area contributed by atoms with E-state index in [1.165, 1.54) is 0 Å². The summed E-state index contributed by atoms with van der Waals surface area (Å²) in [5.74, 6) is 0.0848. The van der Waals surface area contributed by atoms with Gasteiger partial charge in [-0.1, -0.05) is 6.07 Å². The van der Waals surface area contributed by atoms with Gasteiger partial charge in [0.15, 0.2) is 18.9 Å². The second-order valence-corrected chi connectivity index (χ2v) is 3.90. The van der Waals surface area contributed by atoms with Crippen LogP contribution in [0.15, 0.2) is 36.8 Å². The minimum atomic E-state index is -0.183. The fourth-order valence-electron chi connectivity index (χ4n) is 1.73. The van der Waals surface area contributed by atoms with Gasteiger partial charge in [-0.05, 0) is 6.92 Å². The highest BCUT2D eigenvalue weighted by Gasteiger charge is 2.13. The molecule has 0 aromatic carbocycles. The summed E-state index contributed by atoms with van der Waals surface area (Å²) in [5, 5.41) is 19.1. The Labute approximate surface area is 99.8 Å². The Morgan fingerprint density at radius 3 is 2.59 bits per heavy atom. The first kappa shape index (κ1) is 11.5. The highest BCUT2D eigenvalue weighted by atomic mass is 16.3. The van der Waals surface area contributed by atoms with Crippen LogP contribution in [0.5, 0.6) is 5.75 Å². The van der Waals surface area contributed by atoms with Gasteiger partial charge in [-0.3, -0.25) is 4.98 Å². The van der Waals surface area contributed by atoms with Crippen LogP contribution in [0, 0.1) is 6.92 Å². The largest absolute Gasteiger partial charge is 0.506 e. The molecule has 0 bridgehead atoms. The summed E-state index contributed by atoms with van der Waals surface area (Å²) in [5.41, 5.74) is 1.91.